The molecule has 1 aliphatic heterocycles. The molecule has 2 nitrogen and oxygen atoms in total. The highest BCUT2D eigenvalue weighted by atomic mass is 35.5. The quantitative estimate of drug-likeness (QED) is 0.901. The molecule has 0 spiro atoms. The van der Waals surface area contributed by atoms with E-state index in [1.165, 1.54) is 25.0 Å². The third-order valence-electron chi connectivity index (χ3n) is 4.04. The van der Waals surface area contributed by atoms with Crippen LogP contribution in [0.15, 0.2) is 18.2 Å². The van der Waals surface area contributed by atoms with Crippen molar-refractivity contribution in [3.8, 4) is 0 Å². The SMILES string of the molecule is CC(C)(C)NCC1CCN(Cc2ccc(F)cc2Cl)CC1. The van der Waals surface area contributed by atoms with E-state index in [9.17, 15) is 4.39 Å². The molecule has 1 fully saturated rings. The molecule has 0 saturated carbocycles. The Kier molecular flexibility index (Phi) is 5.64. The van der Waals surface area contributed by atoms with E-state index >= 15 is 0 Å². The topological polar surface area (TPSA) is 15.3 Å². The first-order valence-corrected chi connectivity index (χ1v) is 8.12. The summed E-state index contributed by atoms with van der Waals surface area (Å²) in [5, 5.41) is 4.12. The maximum absolute atomic E-state index is 13.1. The second-order valence-corrected chi connectivity index (χ2v) is 7.49. The summed E-state index contributed by atoms with van der Waals surface area (Å²) in [6.45, 7) is 10.7. The molecule has 0 atom stereocenters. The lowest BCUT2D eigenvalue weighted by Crippen LogP contribution is -2.42. The van der Waals surface area contributed by atoms with Crippen LogP contribution in [-0.4, -0.2) is 30.1 Å². The number of hydrogen-bond acceptors (Lipinski definition) is 2. The maximum atomic E-state index is 13.1. The summed E-state index contributed by atoms with van der Waals surface area (Å²) in [6.07, 6.45) is 2.42. The molecule has 1 aromatic carbocycles. The minimum Gasteiger partial charge on any atom is -0.312 e. The van der Waals surface area contributed by atoms with Gasteiger partial charge < -0.3 is 5.32 Å². The molecule has 1 aromatic rings. The summed E-state index contributed by atoms with van der Waals surface area (Å²) in [4.78, 5) is 2.41. The van der Waals surface area contributed by atoms with E-state index in [1.807, 2.05) is 0 Å². The van der Waals surface area contributed by atoms with Gasteiger partial charge in [-0.05, 0) is 76.9 Å². The number of halogens is 2. The van der Waals surface area contributed by atoms with E-state index in [4.69, 9.17) is 11.6 Å². The molecule has 0 radical (unpaired) electrons. The molecular weight excluding hydrogens is 287 g/mol. The number of rotatable bonds is 4. The Labute approximate surface area is 132 Å². The molecule has 1 saturated heterocycles. The Hall–Kier alpha value is -0.640. The van der Waals surface area contributed by atoms with Gasteiger partial charge in [-0.3, -0.25) is 4.90 Å². The second-order valence-electron chi connectivity index (χ2n) is 7.09. The zero-order valence-corrected chi connectivity index (χ0v) is 14.0. The molecule has 1 N–H and O–H groups in total. The number of likely N-dealkylation sites (tertiary alicyclic amines) is 1. The smallest absolute Gasteiger partial charge is 0.124 e. The standard InChI is InChI=1S/C17H26ClFN2/c1-17(2,3)20-11-13-6-8-21(9-7-13)12-14-4-5-15(19)10-16(14)18/h4-5,10,13,20H,6-9,11-12H2,1-3H3. The van der Waals surface area contributed by atoms with Gasteiger partial charge in [0.1, 0.15) is 5.82 Å². The average Bonchev–Trinajstić information content (AvgIpc) is 2.40. The van der Waals surface area contributed by atoms with Crippen molar-refractivity contribution in [2.75, 3.05) is 19.6 Å². The molecule has 0 unspecified atom stereocenters. The molecule has 0 aliphatic carbocycles. The van der Waals surface area contributed by atoms with Crippen LogP contribution in [-0.2, 0) is 6.54 Å². The lowest BCUT2D eigenvalue weighted by molar-refractivity contribution is 0.170. The summed E-state index contributed by atoms with van der Waals surface area (Å²) in [5.41, 5.74) is 1.21. The number of hydrogen-bond donors (Lipinski definition) is 1. The van der Waals surface area contributed by atoms with Crippen molar-refractivity contribution >= 4 is 11.6 Å². The predicted molar refractivity (Wildman–Crippen MR) is 87.2 cm³/mol. The summed E-state index contributed by atoms with van der Waals surface area (Å²) >= 11 is 6.10. The average molecular weight is 313 g/mol. The lowest BCUT2D eigenvalue weighted by Gasteiger charge is -2.34. The van der Waals surface area contributed by atoms with Gasteiger partial charge in [-0.15, -0.1) is 0 Å². The highest BCUT2D eigenvalue weighted by Crippen LogP contribution is 2.23. The fraction of sp³-hybridized carbons (Fsp3) is 0.647. The van der Waals surface area contributed by atoms with Gasteiger partial charge in [0, 0.05) is 17.1 Å². The van der Waals surface area contributed by atoms with Crippen LogP contribution >= 0.6 is 11.6 Å². The Morgan fingerprint density at radius 3 is 2.52 bits per heavy atom. The van der Waals surface area contributed by atoms with E-state index in [2.05, 4.69) is 31.0 Å². The molecule has 21 heavy (non-hydrogen) atoms. The minimum absolute atomic E-state index is 0.193. The normalized spacial score (nSPS) is 18.1. The third-order valence-corrected chi connectivity index (χ3v) is 4.39. The van der Waals surface area contributed by atoms with Crippen molar-refractivity contribution in [3.05, 3.63) is 34.6 Å². The van der Waals surface area contributed by atoms with Gasteiger partial charge in [-0.25, -0.2) is 4.39 Å². The highest BCUT2D eigenvalue weighted by Gasteiger charge is 2.21. The first-order chi connectivity index (χ1) is 9.83. The largest absolute Gasteiger partial charge is 0.312 e. The Balaban J connectivity index is 1.79. The molecule has 0 bridgehead atoms. The highest BCUT2D eigenvalue weighted by molar-refractivity contribution is 6.31. The number of nitrogens with one attached hydrogen (secondary N) is 1. The summed E-state index contributed by atoms with van der Waals surface area (Å²) in [6, 6.07) is 4.68. The van der Waals surface area contributed by atoms with Crippen molar-refractivity contribution in [2.45, 2.75) is 45.7 Å². The van der Waals surface area contributed by atoms with Crippen LogP contribution in [0.3, 0.4) is 0 Å². The Bertz CT molecular complexity index is 462. The van der Waals surface area contributed by atoms with Gasteiger partial charge >= 0.3 is 0 Å². The van der Waals surface area contributed by atoms with E-state index < -0.39 is 0 Å². The molecular formula is C17H26ClFN2. The predicted octanol–water partition coefficient (Wildman–Crippen LogP) is 4.08. The van der Waals surface area contributed by atoms with Crippen LogP contribution in [0, 0.1) is 11.7 Å². The van der Waals surface area contributed by atoms with Crippen molar-refractivity contribution in [1.29, 1.82) is 0 Å². The molecule has 2 rings (SSSR count). The van der Waals surface area contributed by atoms with Gasteiger partial charge in [0.15, 0.2) is 0 Å². The van der Waals surface area contributed by atoms with Crippen LogP contribution in [0.1, 0.15) is 39.2 Å². The Morgan fingerprint density at radius 1 is 1.29 bits per heavy atom. The fourth-order valence-corrected chi connectivity index (χ4v) is 2.92. The van der Waals surface area contributed by atoms with E-state index in [0.29, 0.717) is 5.02 Å². The lowest BCUT2D eigenvalue weighted by atomic mass is 9.95. The van der Waals surface area contributed by atoms with E-state index in [1.54, 1.807) is 6.07 Å². The first kappa shape index (κ1) is 16.7. The zero-order chi connectivity index (χ0) is 15.5. The summed E-state index contributed by atoms with van der Waals surface area (Å²) < 4.78 is 13.1. The molecule has 1 heterocycles. The van der Waals surface area contributed by atoms with Crippen LogP contribution < -0.4 is 5.32 Å². The number of piperidine rings is 1. The Morgan fingerprint density at radius 2 is 1.95 bits per heavy atom. The van der Waals surface area contributed by atoms with Crippen LogP contribution in [0.4, 0.5) is 4.39 Å². The van der Waals surface area contributed by atoms with E-state index in [-0.39, 0.29) is 11.4 Å². The van der Waals surface area contributed by atoms with Gasteiger partial charge in [0.25, 0.3) is 0 Å². The second kappa shape index (κ2) is 7.08. The van der Waals surface area contributed by atoms with Crippen molar-refractivity contribution in [2.24, 2.45) is 5.92 Å². The molecule has 0 amide bonds. The van der Waals surface area contributed by atoms with Gasteiger partial charge in [0.2, 0.25) is 0 Å². The van der Waals surface area contributed by atoms with Crippen LogP contribution in [0.25, 0.3) is 0 Å². The molecule has 0 aromatic heterocycles. The van der Waals surface area contributed by atoms with Gasteiger partial charge in [0.05, 0.1) is 0 Å². The third kappa shape index (κ3) is 5.57. The van der Waals surface area contributed by atoms with Crippen molar-refractivity contribution in [3.63, 3.8) is 0 Å². The van der Waals surface area contributed by atoms with Crippen molar-refractivity contribution < 1.29 is 4.39 Å². The molecule has 1 aliphatic rings. The van der Waals surface area contributed by atoms with Crippen LogP contribution in [0.5, 0.6) is 0 Å². The number of nitrogens with zero attached hydrogens (tertiary/aromatic N) is 1. The van der Waals surface area contributed by atoms with Crippen molar-refractivity contribution in [1.82, 2.24) is 10.2 Å². The van der Waals surface area contributed by atoms with Gasteiger partial charge in [-0.1, -0.05) is 17.7 Å². The number of benzene rings is 1. The van der Waals surface area contributed by atoms with E-state index in [0.717, 1.165) is 37.7 Å². The summed E-state index contributed by atoms with van der Waals surface area (Å²) in [7, 11) is 0. The summed E-state index contributed by atoms with van der Waals surface area (Å²) in [5.74, 6) is 0.486. The first-order valence-electron chi connectivity index (χ1n) is 7.75. The monoisotopic (exact) mass is 312 g/mol. The zero-order valence-electron chi connectivity index (χ0n) is 13.3. The fourth-order valence-electron chi connectivity index (χ4n) is 2.69. The van der Waals surface area contributed by atoms with Gasteiger partial charge in [-0.2, -0.15) is 0 Å². The minimum atomic E-state index is -0.268. The molecule has 4 heteroatoms. The maximum Gasteiger partial charge on any atom is 0.124 e. The molecule has 118 valence electrons. The van der Waals surface area contributed by atoms with Crippen LogP contribution in [0.2, 0.25) is 5.02 Å².